The standard InChI is InChI=1S/C5H13O6P2/c1-2-3-4(6)5(12(7)8)13(9,10)11/h4-6,9-11H,2-3H2,1H3/q+1. The van der Waals surface area contributed by atoms with Crippen molar-refractivity contribution in [2.24, 2.45) is 0 Å². The van der Waals surface area contributed by atoms with Crippen LogP contribution in [0.1, 0.15) is 19.8 Å². The zero-order valence-electron chi connectivity index (χ0n) is 7.07. The molecule has 2 unspecified atom stereocenters. The molecule has 0 aromatic heterocycles. The maximum atomic E-state index is 10.5. The number of hydrogen-bond acceptors (Lipinski definition) is 6. The van der Waals surface area contributed by atoms with Crippen LogP contribution in [0.3, 0.4) is 0 Å². The van der Waals surface area contributed by atoms with Crippen molar-refractivity contribution < 1.29 is 28.9 Å². The second-order valence-electron chi connectivity index (χ2n) is 2.67. The molecule has 6 nitrogen and oxygen atoms in total. The Kier molecular flexibility index (Phi) is 5.22. The molecule has 0 bridgehead atoms. The van der Waals surface area contributed by atoms with Gasteiger partial charge in [0.2, 0.25) is 0 Å². The lowest BCUT2D eigenvalue weighted by molar-refractivity contribution is 0.160. The molecule has 4 N–H and O–H groups in total. The topological polar surface area (TPSA) is 115 Å². The molecule has 78 valence electrons. The second kappa shape index (κ2) is 5.15. The van der Waals surface area contributed by atoms with Gasteiger partial charge in [-0.25, -0.2) is 9.13 Å². The van der Waals surface area contributed by atoms with E-state index in [2.05, 4.69) is 0 Å². The highest BCUT2D eigenvalue weighted by Crippen LogP contribution is 2.58. The van der Waals surface area contributed by atoms with Gasteiger partial charge in [0.1, 0.15) is 6.10 Å². The fraction of sp³-hybridized carbons (Fsp3) is 1.00. The van der Waals surface area contributed by atoms with E-state index in [1.54, 1.807) is 6.92 Å². The van der Waals surface area contributed by atoms with Crippen LogP contribution in [-0.2, 0) is 9.13 Å². The first kappa shape index (κ1) is 13.2. The summed E-state index contributed by atoms with van der Waals surface area (Å²) in [5.74, 6) is 0. The normalized spacial score (nSPS) is 16.7. The molecule has 13 heavy (non-hydrogen) atoms. The third kappa shape index (κ3) is 4.27. The maximum Gasteiger partial charge on any atom is 0.424 e. The zero-order valence-corrected chi connectivity index (χ0v) is 8.86. The second-order valence-corrected chi connectivity index (χ2v) is 5.99. The first-order valence-electron chi connectivity index (χ1n) is 3.69. The summed E-state index contributed by atoms with van der Waals surface area (Å²) < 4.78 is 21.0. The van der Waals surface area contributed by atoms with Gasteiger partial charge in [-0.15, -0.1) is 0 Å². The Balaban J connectivity index is 4.62. The summed E-state index contributed by atoms with van der Waals surface area (Å²) >= 11 is 0. The van der Waals surface area contributed by atoms with Gasteiger partial charge in [-0.2, -0.15) is 14.7 Å². The highest BCUT2D eigenvalue weighted by molar-refractivity contribution is 7.68. The van der Waals surface area contributed by atoms with Crippen LogP contribution in [0.2, 0.25) is 0 Å². The zero-order chi connectivity index (χ0) is 10.6. The molecule has 2 atom stereocenters. The number of aliphatic hydroxyl groups excluding tert-OH is 1. The fourth-order valence-corrected chi connectivity index (χ4v) is 3.00. The van der Waals surface area contributed by atoms with E-state index in [1.165, 1.54) is 0 Å². The van der Waals surface area contributed by atoms with Crippen LogP contribution in [0.15, 0.2) is 0 Å². The fourth-order valence-electron chi connectivity index (χ4n) is 0.943. The molecule has 0 aliphatic rings. The monoisotopic (exact) mass is 231 g/mol. The lowest BCUT2D eigenvalue weighted by atomic mass is 10.2. The number of aliphatic hydroxyl groups is 1. The molecule has 0 spiro atoms. The Labute approximate surface area is 76.6 Å². The van der Waals surface area contributed by atoms with Crippen LogP contribution in [0, 0.1) is 0 Å². The minimum Gasteiger partial charge on any atom is -0.388 e. The molecular formula is C5H13O6P2+. The quantitative estimate of drug-likeness (QED) is 0.508. The Morgan fingerprint density at radius 1 is 1.31 bits per heavy atom. The predicted octanol–water partition coefficient (Wildman–Crippen LogP) is 0.386. The van der Waals surface area contributed by atoms with E-state index in [9.17, 15) is 14.2 Å². The molecule has 0 aliphatic heterocycles. The minimum atomic E-state index is -4.51. The van der Waals surface area contributed by atoms with E-state index in [-0.39, 0.29) is 6.42 Å². The largest absolute Gasteiger partial charge is 0.424 e. The van der Waals surface area contributed by atoms with Gasteiger partial charge >= 0.3 is 15.6 Å². The van der Waals surface area contributed by atoms with E-state index in [1.807, 2.05) is 0 Å². The van der Waals surface area contributed by atoms with Crippen LogP contribution in [0.4, 0.5) is 0 Å². The molecule has 0 fully saturated rings. The van der Waals surface area contributed by atoms with Crippen molar-refractivity contribution in [1.29, 1.82) is 0 Å². The van der Waals surface area contributed by atoms with Gasteiger partial charge in [0.15, 0.2) is 0 Å². The average Bonchev–Trinajstić information content (AvgIpc) is 1.82. The van der Waals surface area contributed by atoms with Crippen molar-refractivity contribution in [3.63, 3.8) is 0 Å². The van der Waals surface area contributed by atoms with E-state index in [4.69, 9.17) is 14.7 Å². The summed E-state index contributed by atoms with van der Waals surface area (Å²) in [7, 11) is -7.77. The Morgan fingerprint density at radius 3 is 2.00 bits per heavy atom. The summed E-state index contributed by atoms with van der Waals surface area (Å²) in [4.78, 5) is 26.2. The van der Waals surface area contributed by atoms with Gasteiger partial charge in [0, 0.05) is 0 Å². The molecule has 0 aliphatic carbocycles. The van der Waals surface area contributed by atoms with E-state index in [0.29, 0.717) is 6.42 Å². The van der Waals surface area contributed by atoms with Crippen molar-refractivity contribution in [1.82, 2.24) is 0 Å². The Morgan fingerprint density at radius 2 is 1.77 bits per heavy atom. The van der Waals surface area contributed by atoms with Gasteiger partial charge in [-0.3, -0.25) is 0 Å². The van der Waals surface area contributed by atoms with Crippen molar-refractivity contribution >= 4 is 15.6 Å². The highest BCUT2D eigenvalue weighted by Gasteiger charge is 2.51. The first-order valence-corrected chi connectivity index (χ1v) is 6.65. The molecule has 0 aromatic rings. The van der Waals surface area contributed by atoms with Gasteiger partial charge in [0.05, 0.1) is 0 Å². The summed E-state index contributed by atoms with van der Waals surface area (Å²) in [5, 5.41) is 7.32. The average molecular weight is 231 g/mol. The lowest BCUT2D eigenvalue weighted by Gasteiger charge is -2.15. The summed E-state index contributed by atoms with van der Waals surface area (Å²) in [6.45, 7) is 1.70. The minimum absolute atomic E-state index is 0.0947. The molecular weight excluding hydrogens is 218 g/mol. The molecule has 0 rings (SSSR count). The Bertz CT molecular complexity index is 212. The summed E-state index contributed by atoms with van der Waals surface area (Å²) in [6.07, 6.45) is -0.849. The smallest absolute Gasteiger partial charge is 0.388 e. The van der Waals surface area contributed by atoms with Crippen LogP contribution in [-0.4, -0.2) is 31.3 Å². The van der Waals surface area contributed by atoms with Gasteiger partial charge < -0.3 is 5.11 Å². The molecule has 0 radical (unpaired) electrons. The number of hydrogen-bond donors (Lipinski definition) is 4. The molecule has 8 heteroatoms. The maximum absolute atomic E-state index is 10.5. The molecule has 0 saturated carbocycles. The van der Waals surface area contributed by atoms with Crippen LogP contribution >= 0.6 is 15.6 Å². The van der Waals surface area contributed by atoms with Crippen molar-refractivity contribution in [3.8, 4) is 0 Å². The molecule has 0 aromatic carbocycles. The first-order chi connectivity index (χ1) is 5.80. The molecule has 0 amide bonds. The lowest BCUT2D eigenvalue weighted by Crippen LogP contribution is -2.24. The Hall–Kier alpha value is 0.170. The van der Waals surface area contributed by atoms with Gasteiger partial charge in [-0.1, -0.05) is 13.3 Å². The summed E-state index contributed by atoms with van der Waals surface area (Å²) in [5.41, 5.74) is 0. The van der Waals surface area contributed by atoms with E-state index < -0.39 is 27.1 Å². The SMILES string of the molecule is CCCC(O)C(P(=O)=O)[P+](O)(O)O. The van der Waals surface area contributed by atoms with Crippen molar-refractivity contribution in [2.75, 3.05) is 0 Å². The van der Waals surface area contributed by atoms with Crippen LogP contribution < -0.4 is 0 Å². The predicted molar refractivity (Wildman–Crippen MR) is 46.6 cm³/mol. The molecule has 0 saturated heterocycles. The third-order valence-corrected chi connectivity index (χ3v) is 4.82. The number of rotatable bonds is 5. The van der Waals surface area contributed by atoms with Crippen LogP contribution in [0.5, 0.6) is 0 Å². The third-order valence-electron chi connectivity index (χ3n) is 1.50. The molecule has 0 heterocycles. The van der Waals surface area contributed by atoms with Crippen molar-refractivity contribution in [3.05, 3.63) is 0 Å². The summed E-state index contributed by atoms with van der Waals surface area (Å²) in [6, 6.07) is 0. The van der Waals surface area contributed by atoms with Crippen LogP contribution in [0.25, 0.3) is 0 Å². The highest BCUT2D eigenvalue weighted by atomic mass is 31.2. The van der Waals surface area contributed by atoms with E-state index in [0.717, 1.165) is 0 Å². The van der Waals surface area contributed by atoms with Gasteiger partial charge in [0.25, 0.3) is 5.40 Å². The van der Waals surface area contributed by atoms with E-state index >= 15 is 0 Å². The van der Waals surface area contributed by atoms with Crippen molar-refractivity contribution in [2.45, 2.75) is 31.3 Å². The van der Waals surface area contributed by atoms with Gasteiger partial charge in [-0.05, 0) is 6.42 Å².